The number of benzene rings is 1. The Morgan fingerprint density at radius 2 is 2.35 bits per heavy atom. The molecule has 0 aliphatic rings. The van der Waals surface area contributed by atoms with Crippen molar-refractivity contribution in [2.24, 2.45) is 0 Å². The summed E-state index contributed by atoms with van der Waals surface area (Å²) in [7, 11) is 0. The molecule has 0 atom stereocenters. The monoisotopic (exact) mass is 405 g/mol. The number of hydrogen-bond donors (Lipinski definition) is 1. The first kappa shape index (κ1) is 12.6. The Labute approximate surface area is 121 Å². The minimum absolute atomic E-state index is 0.0948. The highest BCUT2D eigenvalue weighted by Gasteiger charge is 2.04. The van der Waals surface area contributed by atoms with E-state index in [0.717, 1.165) is 13.7 Å². The standard InChI is InChI=1S/C11H9BrIN3O/c12-8-2-1-3-10(4-8)15-11(17)7-16-6-9(13)5-14-16/h1-6H,7H2,(H,15,17). The van der Waals surface area contributed by atoms with Crippen LogP contribution in [0.4, 0.5) is 5.69 Å². The van der Waals surface area contributed by atoms with Gasteiger partial charge in [0, 0.05) is 16.4 Å². The van der Waals surface area contributed by atoms with Crippen LogP contribution < -0.4 is 5.32 Å². The molecule has 0 saturated heterocycles. The van der Waals surface area contributed by atoms with Gasteiger partial charge in [0.1, 0.15) is 6.54 Å². The molecule has 1 N–H and O–H groups in total. The number of rotatable bonds is 3. The molecule has 0 aliphatic heterocycles. The molecule has 1 aromatic heterocycles. The summed E-state index contributed by atoms with van der Waals surface area (Å²) in [6.45, 7) is 0.218. The normalized spacial score (nSPS) is 10.2. The fraction of sp³-hybridized carbons (Fsp3) is 0.0909. The summed E-state index contributed by atoms with van der Waals surface area (Å²) in [6, 6.07) is 7.47. The van der Waals surface area contributed by atoms with Crippen LogP contribution in [0.5, 0.6) is 0 Å². The summed E-state index contributed by atoms with van der Waals surface area (Å²) < 4.78 is 3.55. The van der Waals surface area contributed by atoms with Gasteiger partial charge < -0.3 is 5.32 Å². The second-order valence-corrected chi connectivity index (χ2v) is 5.58. The van der Waals surface area contributed by atoms with E-state index in [0.29, 0.717) is 0 Å². The van der Waals surface area contributed by atoms with Crippen LogP contribution in [0.1, 0.15) is 0 Å². The Morgan fingerprint density at radius 3 is 3.00 bits per heavy atom. The van der Waals surface area contributed by atoms with Gasteiger partial charge in [-0.25, -0.2) is 0 Å². The van der Waals surface area contributed by atoms with Crippen molar-refractivity contribution in [3.8, 4) is 0 Å². The molecule has 0 spiro atoms. The molecule has 6 heteroatoms. The lowest BCUT2D eigenvalue weighted by Gasteiger charge is -2.05. The van der Waals surface area contributed by atoms with Gasteiger partial charge in [-0.15, -0.1) is 0 Å². The largest absolute Gasteiger partial charge is 0.324 e. The third-order valence-electron chi connectivity index (χ3n) is 2.02. The van der Waals surface area contributed by atoms with E-state index in [2.05, 4.69) is 48.9 Å². The first-order chi connectivity index (χ1) is 8.13. The average Bonchev–Trinajstić information content (AvgIpc) is 2.63. The SMILES string of the molecule is O=C(Cn1cc(I)cn1)Nc1cccc(Br)c1. The number of carbonyl (C=O) groups excluding carboxylic acids is 1. The van der Waals surface area contributed by atoms with Crippen LogP contribution in [0.25, 0.3) is 0 Å². The highest BCUT2D eigenvalue weighted by atomic mass is 127. The van der Waals surface area contributed by atoms with Crippen LogP contribution in [0.3, 0.4) is 0 Å². The molecule has 2 aromatic rings. The van der Waals surface area contributed by atoms with E-state index < -0.39 is 0 Å². The van der Waals surface area contributed by atoms with E-state index in [1.807, 2.05) is 30.5 Å². The van der Waals surface area contributed by atoms with Gasteiger partial charge in [0.15, 0.2) is 0 Å². The zero-order valence-electron chi connectivity index (χ0n) is 8.73. The number of carbonyl (C=O) groups is 1. The number of nitrogens with zero attached hydrogens (tertiary/aromatic N) is 2. The molecule has 0 fully saturated rings. The van der Waals surface area contributed by atoms with Gasteiger partial charge in [0.25, 0.3) is 0 Å². The van der Waals surface area contributed by atoms with Crippen molar-refractivity contribution in [2.75, 3.05) is 5.32 Å². The second-order valence-electron chi connectivity index (χ2n) is 3.41. The minimum Gasteiger partial charge on any atom is -0.324 e. The number of aromatic nitrogens is 2. The molecule has 0 bridgehead atoms. The third kappa shape index (κ3) is 3.81. The van der Waals surface area contributed by atoms with Gasteiger partial charge in [-0.3, -0.25) is 9.48 Å². The van der Waals surface area contributed by atoms with Crippen molar-refractivity contribution in [2.45, 2.75) is 6.54 Å². The summed E-state index contributed by atoms with van der Waals surface area (Å²) in [4.78, 5) is 11.7. The quantitative estimate of drug-likeness (QED) is 0.798. The Morgan fingerprint density at radius 1 is 1.53 bits per heavy atom. The summed E-state index contributed by atoms with van der Waals surface area (Å²) >= 11 is 5.51. The van der Waals surface area contributed by atoms with E-state index in [9.17, 15) is 4.79 Å². The van der Waals surface area contributed by atoms with Crippen LogP contribution in [0.15, 0.2) is 41.1 Å². The molecule has 1 heterocycles. The molecule has 0 aliphatic carbocycles. The summed E-state index contributed by atoms with van der Waals surface area (Å²) in [5.41, 5.74) is 0.770. The van der Waals surface area contributed by atoms with E-state index in [-0.39, 0.29) is 12.5 Å². The third-order valence-corrected chi connectivity index (χ3v) is 3.07. The van der Waals surface area contributed by atoms with Gasteiger partial charge in [0.2, 0.25) is 5.91 Å². The fourth-order valence-electron chi connectivity index (χ4n) is 1.34. The fourth-order valence-corrected chi connectivity index (χ4v) is 2.18. The van der Waals surface area contributed by atoms with Crippen molar-refractivity contribution in [1.29, 1.82) is 0 Å². The molecule has 0 radical (unpaired) electrons. The maximum Gasteiger partial charge on any atom is 0.246 e. The van der Waals surface area contributed by atoms with Crippen LogP contribution in [-0.4, -0.2) is 15.7 Å². The van der Waals surface area contributed by atoms with Crippen LogP contribution in [-0.2, 0) is 11.3 Å². The van der Waals surface area contributed by atoms with Crippen molar-refractivity contribution in [3.63, 3.8) is 0 Å². The van der Waals surface area contributed by atoms with Crippen LogP contribution in [0, 0.1) is 3.57 Å². The molecule has 88 valence electrons. The molecule has 1 amide bonds. The molecule has 2 rings (SSSR count). The predicted octanol–water partition coefficient (Wildman–Crippen LogP) is 2.89. The Hall–Kier alpha value is -0.890. The smallest absolute Gasteiger partial charge is 0.246 e. The van der Waals surface area contributed by atoms with Crippen molar-refractivity contribution in [3.05, 3.63) is 44.7 Å². The Kier molecular flexibility index (Phi) is 4.16. The van der Waals surface area contributed by atoms with Gasteiger partial charge in [-0.1, -0.05) is 22.0 Å². The molecular weight excluding hydrogens is 397 g/mol. The Balaban J connectivity index is 1.98. The van der Waals surface area contributed by atoms with Gasteiger partial charge in [-0.2, -0.15) is 5.10 Å². The zero-order valence-corrected chi connectivity index (χ0v) is 12.5. The van der Waals surface area contributed by atoms with Crippen molar-refractivity contribution < 1.29 is 4.79 Å². The number of halogens is 2. The number of anilines is 1. The number of hydrogen-bond acceptors (Lipinski definition) is 2. The van der Waals surface area contributed by atoms with Crippen LogP contribution in [0.2, 0.25) is 0 Å². The van der Waals surface area contributed by atoms with E-state index in [1.165, 1.54) is 0 Å². The van der Waals surface area contributed by atoms with E-state index >= 15 is 0 Å². The second kappa shape index (κ2) is 5.63. The Bertz CT molecular complexity index is 541. The number of nitrogens with one attached hydrogen (secondary N) is 1. The molecule has 0 saturated carbocycles. The summed E-state index contributed by atoms with van der Waals surface area (Å²) in [5.74, 6) is -0.0948. The topological polar surface area (TPSA) is 46.9 Å². The maximum absolute atomic E-state index is 11.7. The molecule has 17 heavy (non-hydrogen) atoms. The van der Waals surface area contributed by atoms with Crippen molar-refractivity contribution >= 4 is 50.1 Å². The first-order valence-corrected chi connectivity index (χ1v) is 6.74. The molecule has 1 aromatic carbocycles. The predicted molar refractivity (Wildman–Crippen MR) is 77.7 cm³/mol. The lowest BCUT2D eigenvalue weighted by Crippen LogP contribution is -2.18. The van der Waals surface area contributed by atoms with E-state index in [1.54, 1.807) is 10.9 Å². The first-order valence-electron chi connectivity index (χ1n) is 4.87. The molecular formula is C11H9BrIN3O. The molecule has 4 nitrogen and oxygen atoms in total. The highest BCUT2D eigenvalue weighted by molar-refractivity contribution is 14.1. The molecule has 0 unspecified atom stereocenters. The van der Waals surface area contributed by atoms with Gasteiger partial charge >= 0.3 is 0 Å². The maximum atomic E-state index is 11.7. The van der Waals surface area contributed by atoms with Crippen molar-refractivity contribution in [1.82, 2.24) is 9.78 Å². The summed E-state index contributed by atoms with van der Waals surface area (Å²) in [5, 5.41) is 6.86. The summed E-state index contributed by atoms with van der Waals surface area (Å²) in [6.07, 6.45) is 3.54. The lowest BCUT2D eigenvalue weighted by atomic mass is 10.3. The van der Waals surface area contributed by atoms with E-state index in [4.69, 9.17) is 0 Å². The van der Waals surface area contributed by atoms with Crippen LogP contribution >= 0.6 is 38.5 Å². The highest BCUT2D eigenvalue weighted by Crippen LogP contribution is 2.15. The van der Waals surface area contributed by atoms with Gasteiger partial charge in [0.05, 0.1) is 9.77 Å². The lowest BCUT2D eigenvalue weighted by molar-refractivity contribution is -0.116. The average molecular weight is 406 g/mol. The number of amides is 1. The zero-order chi connectivity index (χ0) is 12.3. The van der Waals surface area contributed by atoms with Gasteiger partial charge in [-0.05, 0) is 40.8 Å². The minimum atomic E-state index is -0.0948.